The van der Waals surface area contributed by atoms with Crippen LogP contribution in [0.3, 0.4) is 0 Å². The highest BCUT2D eigenvalue weighted by Crippen LogP contribution is 2.12. The minimum absolute atomic E-state index is 0.234. The van der Waals surface area contributed by atoms with Gasteiger partial charge in [0.05, 0.1) is 19.5 Å². The van der Waals surface area contributed by atoms with Crippen LogP contribution in [0, 0.1) is 5.92 Å². The molecule has 0 bridgehead atoms. The van der Waals surface area contributed by atoms with Crippen LogP contribution in [-0.4, -0.2) is 56.3 Å². The number of aromatic nitrogens is 4. The zero-order valence-electron chi connectivity index (χ0n) is 20.6. The van der Waals surface area contributed by atoms with Crippen LogP contribution in [0.2, 0.25) is 0 Å². The second-order valence-electron chi connectivity index (χ2n) is 8.46. The van der Waals surface area contributed by atoms with Crippen LogP contribution in [-0.2, 0) is 29.2 Å². The SMILES string of the molecule is CCC(CC)CN(CC)C(=O)Cn1c(=O)c2c(ncn2CCOC)n(Cc2ccccc2)c1=O. The maximum absolute atomic E-state index is 13.5. The standard InChI is InChI=1S/C25H35N5O4/c1-5-19(6-2)15-27(7-3)21(31)17-30-24(32)22-23(26-18-28(22)13-14-34-4)29(25(30)33)16-20-11-9-8-10-12-20/h8-12,18-19H,5-7,13-17H2,1-4H3. The van der Waals surface area contributed by atoms with Gasteiger partial charge in [-0.1, -0.05) is 57.0 Å². The van der Waals surface area contributed by atoms with Crippen molar-refractivity contribution in [1.29, 1.82) is 0 Å². The lowest BCUT2D eigenvalue weighted by Gasteiger charge is -2.25. The summed E-state index contributed by atoms with van der Waals surface area (Å²) in [6.45, 7) is 8.02. The van der Waals surface area contributed by atoms with Gasteiger partial charge in [0.2, 0.25) is 5.91 Å². The summed E-state index contributed by atoms with van der Waals surface area (Å²) in [5.74, 6) is 0.149. The molecule has 0 saturated carbocycles. The Morgan fingerprint density at radius 2 is 1.79 bits per heavy atom. The molecule has 0 spiro atoms. The second-order valence-corrected chi connectivity index (χ2v) is 8.46. The Kier molecular flexibility index (Phi) is 8.81. The Morgan fingerprint density at radius 1 is 1.09 bits per heavy atom. The van der Waals surface area contributed by atoms with Gasteiger partial charge in [-0.05, 0) is 18.4 Å². The molecule has 9 heteroatoms. The highest BCUT2D eigenvalue weighted by atomic mass is 16.5. The van der Waals surface area contributed by atoms with Gasteiger partial charge in [0.1, 0.15) is 6.54 Å². The van der Waals surface area contributed by atoms with Crippen LogP contribution in [0.1, 0.15) is 39.2 Å². The minimum atomic E-state index is -0.537. The molecule has 0 saturated heterocycles. The zero-order valence-corrected chi connectivity index (χ0v) is 20.6. The van der Waals surface area contributed by atoms with Crippen LogP contribution in [0.15, 0.2) is 46.2 Å². The molecule has 0 aliphatic rings. The average molecular weight is 470 g/mol. The summed E-state index contributed by atoms with van der Waals surface area (Å²) in [5, 5.41) is 0. The van der Waals surface area contributed by atoms with E-state index in [0.29, 0.717) is 43.3 Å². The molecule has 0 unspecified atom stereocenters. The van der Waals surface area contributed by atoms with Crippen molar-refractivity contribution >= 4 is 17.1 Å². The minimum Gasteiger partial charge on any atom is -0.383 e. The van der Waals surface area contributed by atoms with Crippen LogP contribution in [0.5, 0.6) is 0 Å². The second kappa shape index (κ2) is 11.8. The van der Waals surface area contributed by atoms with Crippen molar-refractivity contribution in [2.45, 2.75) is 53.2 Å². The maximum Gasteiger partial charge on any atom is 0.333 e. The van der Waals surface area contributed by atoms with E-state index in [4.69, 9.17) is 4.74 Å². The van der Waals surface area contributed by atoms with Crippen molar-refractivity contribution in [2.24, 2.45) is 5.92 Å². The Morgan fingerprint density at radius 3 is 2.41 bits per heavy atom. The predicted molar refractivity (Wildman–Crippen MR) is 132 cm³/mol. The van der Waals surface area contributed by atoms with Gasteiger partial charge in [-0.15, -0.1) is 0 Å². The fourth-order valence-corrected chi connectivity index (χ4v) is 4.15. The fraction of sp³-hybridized carbons (Fsp3) is 0.520. The van der Waals surface area contributed by atoms with E-state index in [2.05, 4.69) is 18.8 Å². The highest BCUT2D eigenvalue weighted by molar-refractivity contribution is 5.77. The summed E-state index contributed by atoms with van der Waals surface area (Å²) >= 11 is 0. The van der Waals surface area contributed by atoms with Crippen molar-refractivity contribution in [1.82, 2.24) is 23.6 Å². The third-order valence-corrected chi connectivity index (χ3v) is 6.36. The molecule has 0 atom stereocenters. The molecular formula is C25H35N5O4. The fourth-order valence-electron chi connectivity index (χ4n) is 4.15. The number of carbonyl (C=O) groups is 1. The van der Waals surface area contributed by atoms with Crippen molar-refractivity contribution in [3.05, 3.63) is 63.1 Å². The molecular weight excluding hydrogens is 434 g/mol. The Labute approximate surface area is 199 Å². The number of hydrogen-bond donors (Lipinski definition) is 0. The van der Waals surface area contributed by atoms with Gasteiger partial charge in [0.15, 0.2) is 11.2 Å². The van der Waals surface area contributed by atoms with Crippen LogP contribution in [0.25, 0.3) is 11.2 Å². The number of benzene rings is 1. The first-order chi connectivity index (χ1) is 16.4. The van der Waals surface area contributed by atoms with Crippen LogP contribution in [0.4, 0.5) is 0 Å². The van der Waals surface area contributed by atoms with Gasteiger partial charge in [0.25, 0.3) is 5.56 Å². The number of amides is 1. The number of fused-ring (bicyclic) bond motifs is 1. The Hall–Kier alpha value is -3.20. The average Bonchev–Trinajstić information content (AvgIpc) is 3.28. The first kappa shape index (κ1) is 25.4. The molecule has 9 nitrogen and oxygen atoms in total. The quantitative estimate of drug-likeness (QED) is 0.406. The van der Waals surface area contributed by atoms with E-state index in [-0.39, 0.29) is 19.0 Å². The van der Waals surface area contributed by atoms with Gasteiger partial charge < -0.3 is 14.2 Å². The predicted octanol–water partition coefficient (Wildman–Crippen LogP) is 2.34. The number of rotatable bonds is 12. The molecule has 184 valence electrons. The molecule has 2 aromatic heterocycles. The van der Waals surface area contributed by atoms with Crippen molar-refractivity contribution in [2.75, 3.05) is 26.8 Å². The van der Waals surface area contributed by atoms with E-state index in [1.807, 2.05) is 37.3 Å². The van der Waals surface area contributed by atoms with Gasteiger partial charge in [-0.2, -0.15) is 0 Å². The molecule has 0 fully saturated rings. The number of likely N-dealkylation sites (N-methyl/N-ethyl adjacent to an activating group) is 1. The lowest BCUT2D eigenvalue weighted by Crippen LogP contribution is -2.46. The summed E-state index contributed by atoms with van der Waals surface area (Å²) in [7, 11) is 1.58. The van der Waals surface area contributed by atoms with Gasteiger partial charge in [0, 0.05) is 26.7 Å². The summed E-state index contributed by atoms with van der Waals surface area (Å²) in [5.41, 5.74) is 0.458. The topological polar surface area (TPSA) is 91.4 Å². The monoisotopic (exact) mass is 469 g/mol. The van der Waals surface area contributed by atoms with E-state index < -0.39 is 11.2 Å². The number of methoxy groups -OCH3 is 1. The maximum atomic E-state index is 13.5. The highest BCUT2D eigenvalue weighted by Gasteiger charge is 2.22. The van der Waals surface area contributed by atoms with Gasteiger partial charge in [-0.25, -0.2) is 14.3 Å². The number of carbonyl (C=O) groups excluding carboxylic acids is 1. The molecule has 1 aromatic carbocycles. The van der Waals surface area contributed by atoms with Crippen molar-refractivity contribution in [3.63, 3.8) is 0 Å². The van der Waals surface area contributed by atoms with E-state index in [9.17, 15) is 14.4 Å². The van der Waals surface area contributed by atoms with E-state index >= 15 is 0 Å². The van der Waals surface area contributed by atoms with E-state index in [1.54, 1.807) is 22.9 Å². The van der Waals surface area contributed by atoms with Crippen LogP contribution >= 0.6 is 0 Å². The van der Waals surface area contributed by atoms with Crippen molar-refractivity contribution in [3.8, 4) is 0 Å². The van der Waals surface area contributed by atoms with Gasteiger partial charge >= 0.3 is 5.69 Å². The Bertz CT molecular complexity index is 1210. The third-order valence-electron chi connectivity index (χ3n) is 6.36. The summed E-state index contributed by atoms with van der Waals surface area (Å²) in [6, 6.07) is 9.52. The zero-order chi connectivity index (χ0) is 24.7. The molecule has 0 N–H and O–H groups in total. The smallest absolute Gasteiger partial charge is 0.333 e. The number of imidazole rings is 1. The first-order valence-corrected chi connectivity index (χ1v) is 11.9. The molecule has 0 aliphatic carbocycles. The molecule has 3 aromatic rings. The lowest BCUT2D eigenvalue weighted by molar-refractivity contribution is -0.132. The summed E-state index contributed by atoms with van der Waals surface area (Å²) in [6.07, 6.45) is 3.48. The number of ether oxygens (including phenoxy) is 1. The van der Waals surface area contributed by atoms with E-state index in [0.717, 1.165) is 23.0 Å². The number of hydrogen-bond acceptors (Lipinski definition) is 5. The third kappa shape index (κ3) is 5.47. The van der Waals surface area contributed by atoms with E-state index in [1.165, 1.54) is 4.57 Å². The van der Waals surface area contributed by atoms with Crippen molar-refractivity contribution < 1.29 is 9.53 Å². The largest absolute Gasteiger partial charge is 0.383 e. The Balaban J connectivity index is 2.08. The molecule has 2 heterocycles. The number of nitrogens with zero attached hydrogens (tertiary/aromatic N) is 5. The normalized spacial score (nSPS) is 11.4. The molecule has 0 aliphatic heterocycles. The molecule has 1 amide bonds. The summed E-state index contributed by atoms with van der Waals surface area (Å²) < 4.78 is 9.37. The molecule has 0 radical (unpaired) electrons. The van der Waals surface area contributed by atoms with Gasteiger partial charge in [-0.3, -0.25) is 14.2 Å². The molecule has 3 rings (SSSR count). The summed E-state index contributed by atoms with van der Waals surface area (Å²) in [4.78, 5) is 46.3. The first-order valence-electron chi connectivity index (χ1n) is 11.9. The lowest BCUT2D eigenvalue weighted by atomic mass is 10.0. The molecule has 34 heavy (non-hydrogen) atoms. The van der Waals surface area contributed by atoms with Crippen LogP contribution < -0.4 is 11.2 Å².